The van der Waals surface area contributed by atoms with Crippen LogP contribution in [0.5, 0.6) is 0 Å². The second-order valence-electron chi connectivity index (χ2n) is 6.01. The van der Waals surface area contributed by atoms with Gasteiger partial charge in [-0.15, -0.1) is 0 Å². The van der Waals surface area contributed by atoms with E-state index in [1.54, 1.807) is 0 Å². The number of nitrogens with one attached hydrogen (secondary N) is 1. The van der Waals surface area contributed by atoms with Crippen LogP contribution in [0.2, 0.25) is 0 Å². The van der Waals surface area contributed by atoms with Gasteiger partial charge >= 0.3 is 0 Å². The standard InChI is InChI=1S/C16H24N4/c1-13-5-6-16-18-15(12-20(16)9-13)11-19-7-3-4-14(10-19)8-17-2/h5-6,9,12,14,17H,3-4,7-8,10-11H2,1-2H3. The molecule has 1 aliphatic rings. The summed E-state index contributed by atoms with van der Waals surface area (Å²) < 4.78 is 2.14. The van der Waals surface area contributed by atoms with Crippen molar-refractivity contribution in [2.24, 2.45) is 5.92 Å². The zero-order valence-electron chi connectivity index (χ0n) is 12.5. The van der Waals surface area contributed by atoms with Crippen LogP contribution in [0.4, 0.5) is 0 Å². The van der Waals surface area contributed by atoms with Crippen molar-refractivity contribution in [3.8, 4) is 0 Å². The molecule has 0 aliphatic carbocycles. The average Bonchev–Trinajstić information content (AvgIpc) is 2.81. The SMILES string of the molecule is CNCC1CCCN(Cc2cn3cc(C)ccc3n2)C1. The van der Waals surface area contributed by atoms with Crippen molar-refractivity contribution >= 4 is 5.65 Å². The molecule has 0 aromatic carbocycles. The van der Waals surface area contributed by atoms with E-state index in [9.17, 15) is 0 Å². The van der Waals surface area contributed by atoms with Gasteiger partial charge < -0.3 is 9.72 Å². The second-order valence-corrected chi connectivity index (χ2v) is 6.01. The number of piperidine rings is 1. The van der Waals surface area contributed by atoms with Gasteiger partial charge in [0.05, 0.1) is 5.69 Å². The molecule has 0 radical (unpaired) electrons. The number of aromatic nitrogens is 2. The highest BCUT2D eigenvalue weighted by Crippen LogP contribution is 2.18. The van der Waals surface area contributed by atoms with Gasteiger partial charge in [-0.05, 0) is 57.5 Å². The molecule has 0 amide bonds. The van der Waals surface area contributed by atoms with Gasteiger partial charge in [-0.1, -0.05) is 6.07 Å². The molecule has 0 saturated carbocycles. The summed E-state index contributed by atoms with van der Waals surface area (Å²) in [5.74, 6) is 0.785. The van der Waals surface area contributed by atoms with E-state index in [0.717, 1.165) is 24.7 Å². The molecule has 20 heavy (non-hydrogen) atoms. The summed E-state index contributed by atoms with van der Waals surface area (Å²) in [6.45, 7) is 6.61. The van der Waals surface area contributed by atoms with Crippen LogP contribution in [-0.2, 0) is 6.54 Å². The number of hydrogen-bond acceptors (Lipinski definition) is 3. The van der Waals surface area contributed by atoms with E-state index in [-0.39, 0.29) is 0 Å². The smallest absolute Gasteiger partial charge is 0.137 e. The highest BCUT2D eigenvalue weighted by atomic mass is 15.2. The Morgan fingerprint density at radius 2 is 2.25 bits per heavy atom. The predicted octanol–water partition coefficient (Wildman–Crippen LogP) is 2.07. The highest BCUT2D eigenvalue weighted by molar-refractivity contribution is 5.41. The molecule has 1 unspecified atom stereocenters. The average molecular weight is 272 g/mol. The van der Waals surface area contributed by atoms with Crippen molar-refractivity contribution in [2.75, 3.05) is 26.7 Å². The molecular weight excluding hydrogens is 248 g/mol. The minimum atomic E-state index is 0.785. The van der Waals surface area contributed by atoms with Crippen molar-refractivity contribution in [3.05, 3.63) is 35.8 Å². The minimum absolute atomic E-state index is 0.785. The fraction of sp³-hybridized carbons (Fsp3) is 0.562. The summed E-state index contributed by atoms with van der Waals surface area (Å²) in [6, 6.07) is 4.22. The van der Waals surface area contributed by atoms with E-state index < -0.39 is 0 Å². The van der Waals surface area contributed by atoms with Gasteiger partial charge in [0.1, 0.15) is 5.65 Å². The number of likely N-dealkylation sites (tertiary alicyclic amines) is 1. The summed E-state index contributed by atoms with van der Waals surface area (Å²) in [4.78, 5) is 7.27. The molecule has 2 aromatic heterocycles. The lowest BCUT2D eigenvalue weighted by Crippen LogP contribution is -2.38. The molecule has 0 bridgehead atoms. The molecule has 108 valence electrons. The number of rotatable bonds is 4. The molecular formula is C16H24N4. The maximum absolute atomic E-state index is 4.72. The lowest BCUT2D eigenvalue weighted by atomic mass is 9.98. The van der Waals surface area contributed by atoms with Crippen LogP contribution in [0.25, 0.3) is 5.65 Å². The van der Waals surface area contributed by atoms with Gasteiger partial charge in [0.2, 0.25) is 0 Å². The summed E-state index contributed by atoms with van der Waals surface area (Å²) in [5, 5.41) is 3.30. The first-order valence-electron chi connectivity index (χ1n) is 7.56. The molecule has 4 heteroatoms. The van der Waals surface area contributed by atoms with Crippen LogP contribution in [0.1, 0.15) is 24.1 Å². The van der Waals surface area contributed by atoms with Gasteiger partial charge in [0, 0.05) is 25.5 Å². The second kappa shape index (κ2) is 5.94. The third-order valence-corrected chi connectivity index (χ3v) is 4.13. The van der Waals surface area contributed by atoms with Crippen molar-refractivity contribution in [1.29, 1.82) is 0 Å². The Morgan fingerprint density at radius 3 is 3.10 bits per heavy atom. The molecule has 3 rings (SSSR count). The third-order valence-electron chi connectivity index (χ3n) is 4.13. The fourth-order valence-corrected chi connectivity index (χ4v) is 3.21. The third kappa shape index (κ3) is 3.02. The van der Waals surface area contributed by atoms with Crippen LogP contribution in [0, 0.1) is 12.8 Å². The number of pyridine rings is 1. The highest BCUT2D eigenvalue weighted by Gasteiger charge is 2.20. The number of aryl methyl sites for hydroxylation is 1. The van der Waals surface area contributed by atoms with E-state index in [4.69, 9.17) is 4.98 Å². The minimum Gasteiger partial charge on any atom is -0.319 e. The first-order chi connectivity index (χ1) is 9.74. The van der Waals surface area contributed by atoms with E-state index in [1.807, 2.05) is 7.05 Å². The molecule has 1 N–H and O–H groups in total. The molecule has 4 nitrogen and oxygen atoms in total. The Morgan fingerprint density at radius 1 is 1.35 bits per heavy atom. The zero-order chi connectivity index (χ0) is 13.9. The predicted molar refractivity (Wildman–Crippen MR) is 81.9 cm³/mol. The van der Waals surface area contributed by atoms with Gasteiger partial charge in [-0.25, -0.2) is 4.98 Å². The van der Waals surface area contributed by atoms with Crippen molar-refractivity contribution in [1.82, 2.24) is 19.6 Å². The van der Waals surface area contributed by atoms with Crippen LogP contribution in [-0.4, -0.2) is 41.0 Å². The van der Waals surface area contributed by atoms with E-state index in [0.29, 0.717) is 0 Å². The van der Waals surface area contributed by atoms with Crippen LogP contribution >= 0.6 is 0 Å². The lowest BCUT2D eigenvalue weighted by molar-refractivity contribution is 0.165. The Labute approximate surface area is 120 Å². The number of imidazole rings is 1. The van der Waals surface area contributed by atoms with Gasteiger partial charge in [-0.2, -0.15) is 0 Å². The van der Waals surface area contributed by atoms with E-state index >= 15 is 0 Å². The summed E-state index contributed by atoms with van der Waals surface area (Å²) in [6.07, 6.45) is 6.97. The molecule has 1 saturated heterocycles. The Kier molecular flexibility index (Phi) is 4.03. The molecule has 1 aliphatic heterocycles. The van der Waals surface area contributed by atoms with Crippen molar-refractivity contribution in [3.63, 3.8) is 0 Å². The number of fused-ring (bicyclic) bond motifs is 1. The quantitative estimate of drug-likeness (QED) is 0.925. The van der Waals surface area contributed by atoms with E-state index in [2.05, 4.69) is 46.1 Å². The monoisotopic (exact) mass is 272 g/mol. The van der Waals surface area contributed by atoms with Gasteiger partial charge in [-0.3, -0.25) is 4.90 Å². The lowest BCUT2D eigenvalue weighted by Gasteiger charge is -2.32. The maximum atomic E-state index is 4.72. The zero-order valence-corrected chi connectivity index (χ0v) is 12.5. The van der Waals surface area contributed by atoms with Gasteiger partial charge in [0.25, 0.3) is 0 Å². The maximum Gasteiger partial charge on any atom is 0.137 e. The molecule has 3 heterocycles. The summed E-state index contributed by atoms with van der Waals surface area (Å²) >= 11 is 0. The van der Waals surface area contributed by atoms with Crippen molar-refractivity contribution in [2.45, 2.75) is 26.3 Å². The Hall–Kier alpha value is -1.39. The van der Waals surface area contributed by atoms with E-state index in [1.165, 1.54) is 37.2 Å². The van der Waals surface area contributed by atoms with Crippen molar-refractivity contribution < 1.29 is 0 Å². The topological polar surface area (TPSA) is 32.6 Å². The first kappa shape index (κ1) is 13.6. The largest absolute Gasteiger partial charge is 0.319 e. The fourth-order valence-electron chi connectivity index (χ4n) is 3.21. The molecule has 2 aromatic rings. The Bertz CT molecular complexity index is 573. The van der Waals surface area contributed by atoms with Gasteiger partial charge in [0.15, 0.2) is 0 Å². The normalized spacial score (nSPS) is 20.6. The Balaban J connectivity index is 1.69. The summed E-state index contributed by atoms with van der Waals surface area (Å²) in [7, 11) is 2.05. The molecule has 0 spiro atoms. The van der Waals surface area contributed by atoms with Crippen LogP contribution in [0.15, 0.2) is 24.5 Å². The molecule has 1 atom stereocenters. The summed E-state index contributed by atoms with van der Waals surface area (Å²) in [5.41, 5.74) is 3.50. The van der Waals surface area contributed by atoms with Crippen LogP contribution < -0.4 is 5.32 Å². The van der Waals surface area contributed by atoms with Crippen LogP contribution in [0.3, 0.4) is 0 Å². The number of hydrogen-bond donors (Lipinski definition) is 1. The first-order valence-corrected chi connectivity index (χ1v) is 7.56. The molecule has 1 fully saturated rings. The number of nitrogens with zero attached hydrogens (tertiary/aromatic N) is 3.